The first-order chi connectivity index (χ1) is 14.2. The number of hydrogen-bond donors (Lipinski definition) is 0. The van der Waals surface area contributed by atoms with Crippen molar-refractivity contribution in [3.8, 4) is 11.5 Å². The van der Waals surface area contributed by atoms with Gasteiger partial charge in [-0.1, -0.05) is 67.2 Å². The zero-order valence-electron chi connectivity index (χ0n) is 16.3. The fourth-order valence-electron chi connectivity index (χ4n) is 3.85. The lowest BCUT2D eigenvalue weighted by atomic mass is 9.92. The number of rotatable bonds is 3. The Balaban J connectivity index is 1.70. The molecule has 0 bridgehead atoms. The first-order valence-corrected chi connectivity index (χ1v) is 9.70. The minimum Gasteiger partial charge on any atom is -0.456 e. The van der Waals surface area contributed by atoms with E-state index >= 15 is 0 Å². The zero-order valence-corrected chi connectivity index (χ0v) is 16.3. The Bertz CT molecular complexity index is 1290. The summed E-state index contributed by atoms with van der Waals surface area (Å²) in [6.45, 7) is 4.07. The van der Waals surface area contributed by atoms with Crippen LogP contribution >= 0.6 is 0 Å². The monoisotopic (exact) mass is 375 g/mol. The van der Waals surface area contributed by atoms with Crippen molar-refractivity contribution in [2.24, 2.45) is 0 Å². The van der Waals surface area contributed by atoms with Crippen LogP contribution in [-0.4, -0.2) is 7.05 Å². The summed E-state index contributed by atoms with van der Waals surface area (Å²) in [7, 11) is 2.07. The van der Waals surface area contributed by atoms with Crippen molar-refractivity contribution in [2.45, 2.75) is 0 Å². The lowest BCUT2D eigenvalue weighted by molar-refractivity contribution is 0.472. The largest absolute Gasteiger partial charge is 0.456 e. The normalized spacial score (nSPS) is 12.0. The van der Waals surface area contributed by atoms with Gasteiger partial charge in [0, 0.05) is 40.8 Å². The van der Waals surface area contributed by atoms with E-state index < -0.39 is 0 Å². The maximum absolute atomic E-state index is 6.35. The first kappa shape index (κ1) is 17.3. The topological polar surface area (TPSA) is 12.5 Å². The second-order valence-electron chi connectivity index (χ2n) is 7.25. The van der Waals surface area contributed by atoms with E-state index in [4.69, 9.17) is 4.74 Å². The Kier molecular flexibility index (Phi) is 4.18. The van der Waals surface area contributed by atoms with Crippen LogP contribution < -0.4 is 20.1 Å². The first-order valence-electron chi connectivity index (χ1n) is 9.70. The maximum Gasteiger partial charge on any atom is 0.137 e. The smallest absolute Gasteiger partial charge is 0.137 e. The van der Waals surface area contributed by atoms with Gasteiger partial charge in [0.25, 0.3) is 0 Å². The van der Waals surface area contributed by atoms with E-state index in [2.05, 4.69) is 79.2 Å². The molecule has 0 amide bonds. The average molecular weight is 375 g/mol. The number of benzene rings is 4. The summed E-state index contributed by atoms with van der Waals surface area (Å²) in [5.41, 5.74) is 5.69. The molecule has 0 atom stereocenters. The van der Waals surface area contributed by atoms with Gasteiger partial charge in [0.15, 0.2) is 0 Å². The third kappa shape index (κ3) is 3.09. The predicted octanol–water partition coefficient (Wildman–Crippen LogP) is 5.22. The van der Waals surface area contributed by atoms with Gasteiger partial charge >= 0.3 is 0 Å². The molecular formula is C27H21NO. The Hall–Kier alpha value is -3.78. The lowest BCUT2D eigenvalue weighted by Crippen LogP contribution is -2.20. The van der Waals surface area contributed by atoms with Gasteiger partial charge in [-0.05, 0) is 41.1 Å². The molecule has 2 heteroatoms. The molecular weight excluding hydrogens is 354 g/mol. The standard InChI is InChI=1S/C27H21NO/c1-19-13-15-23-25(17-19)29-26-18-22(28(2)21-11-7-4-8-12-21)14-16-24(26)27(23)20-9-5-3-6-10-20/h3-18H,1H2,2H3. The molecule has 0 saturated carbocycles. The molecule has 0 unspecified atom stereocenters. The molecule has 29 heavy (non-hydrogen) atoms. The number of nitrogens with zero attached hydrogens (tertiary/aromatic N) is 1. The van der Waals surface area contributed by atoms with E-state index in [1.165, 1.54) is 11.1 Å². The summed E-state index contributed by atoms with van der Waals surface area (Å²) in [6.07, 6.45) is 0. The van der Waals surface area contributed by atoms with Crippen LogP contribution in [0.4, 0.5) is 11.4 Å². The van der Waals surface area contributed by atoms with E-state index in [0.717, 1.165) is 38.9 Å². The molecule has 0 fully saturated rings. The fraction of sp³-hybridized carbons (Fsp3) is 0.0370. The van der Waals surface area contributed by atoms with Crippen LogP contribution in [0.5, 0.6) is 11.5 Å². The quantitative estimate of drug-likeness (QED) is 0.429. The van der Waals surface area contributed by atoms with Crippen LogP contribution in [0.2, 0.25) is 0 Å². The summed E-state index contributed by atoms with van der Waals surface area (Å²) < 4.78 is 6.35. The van der Waals surface area contributed by atoms with E-state index in [1.54, 1.807) is 0 Å². The van der Waals surface area contributed by atoms with E-state index in [1.807, 2.05) is 36.4 Å². The summed E-state index contributed by atoms with van der Waals surface area (Å²) in [5.74, 6) is 1.71. The Morgan fingerprint density at radius 1 is 0.690 bits per heavy atom. The molecule has 4 aromatic carbocycles. The van der Waals surface area contributed by atoms with Gasteiger partial charge in [0.2, 0.25) is 0 Å². The molecule has 0 radical (unpaired) electrons. The van der Waals surface area contributed by atoms with Crippen LogP contribution in [0.1, 0.15) is 11.1 Å². The van der Waals surface area contributed by atoms with Gasteiger partial charge in [-0.3, -0.25) is 0 Å². The second-order valence-corrected chi connectivity index (χ2v) is 7.25. The molecule has 5 rings (SSSR count). The summed E-state index contributed by atoms with van der Waals surface area (Å²) in [6, 6.07) is 33.4. The van der Waals surface area contributed by atoms with Crippen LogP contribution in [-0.2, 0) is 0 Å². The molecule has 140 valence electrons. The van der Waals surface area contributed by atoms with Gasteiger partial charge in [-0.15, -0.1) is 0 Å². The van der Waals surface area contributed by atoms with Crippen molar-refractivity contribution >= 4 is 23.5 Å². The molecule has 0 aliphatic carbocycles. The molecule has 0 N–H and O–H groups in total. The minimum atomic E-state index is 0.850. The van der Waals surface area contributed by atoms with Crippen LogP contribution in [0.15, 0.2) is 97.1 Å². The van der Waals surface area contributed by atoms with Crippen molar-refractivity contribution in [1.29, 1.82) is 0 Å². The van der Waals surface area contributed by atoms with Gasteiger partial charge in [-0.25, -0.2) is 0 Å². The molecule has 1 heterocycles. The number of fused-ring (bicyclic) bond motifs is 2. The highest BCUT2D eigenvalue weighted by Gasteiger charge is 2.21. The molecule has 0 saturated heterocycles. The summed E-state index contributed by atoms with van der Waals surface area (Å²) in [5, 5.41) is 2.04. The van der Waals surface area contributed by atoms with E-state index in [9.17, 15) is 0 Å². The van der Waals surface area contributed by atoms with Crippen molar-refractivity contribution < 1.29 is 4.74 Å². The van der Waals surface area contributed by atoms with Crippen LogP contribution in [0.3, 0.4) is 0 Å². The fourth-order valence-corrected chi connectivity index (χ4v) is 3.85. The van der Waals surface area contributed by atoms with Gasteiger partial charge in [0.05, 0.1) is 0 Å². The van der Waals surface area contributed by atoms with Crippen molar-refractivity contribution in [3.05, 3.63) is 119 Å². The molecule has 0 spiro atoms. The third-order valence-corrected chi connectivity index (χ3v) is 5.36. The van der Waals surface area contributed by atoms with E-state index in [0.29, 0.717) is 0 Å². The van der Waals surface area contributed by atoms with Gasteiger partial charge < -0.3 is 9.64 Å². The maximum atomic E-state index is 6.35. The molecule has 1 aliphatic rings. The van der Waals surface area contributed by atoms with Crippen molar-refractivity contribution in [2.75, 3.05) is 11.9 Å². The highest BCUT2D eigenvalue weighted by molar-refractivity contribution is 5.86. The van der Waals surface area contributed by atoms with Crippen LogP contribution in [0, 0.1) is 0 Å². The van der Waals surface area contributed by atoms with Crippen molar-refractivity contribution in [3.63, 3.8) is 0 Å². The summed E-state index contributed by atoms with van der Waals surface area (Å²) in [4.78, 5) is 2.17. The summed E-state index contributed by atoms with van der Waals surface area (Å²) >= 11 is 0. The van der Waals surface area contributed by atoms with E-state index in [-0.39, 0.29) is 0 Å². The lowest BCUT2D eigenvalue weighted by Gasteiger charge is -2.25. The SMILES string of the molecule is C=c1ccc2c(c1)Oc1cc(N(C)c3ccccc3)ccc1C=2c1ccccc1. The molecule has 0 aromatic heterocycles. The third-order valence-electron chi connectivity index (χ3n) is 5.36. The average Bonchev–Trinajstić information content (AvgIpc) is 2.77. The number of para-hydroxylation sites is 1. The van der Waals surface area contributed by atoms with Crippen LogP contribution in [0.25, 0.3) is 12.2 Å². The number of ether oxygens (including phenoxy) is 1. The highest BCUT2D eigenvalue weighted by atomic mass is 16.5. The Morgan fingerprint density at radius 2 is 1.41 bits per heavy atom. The minimum absolute atomic E-state index is 0.850. The second kappa shape index (κ2) is 6.99. The number of hydrogen-bond acceptors (Lipinski definition) is 2. The molecule has 1 aliphatic heterocycles. The van der Waals surface area contributed by atoms with Crippen molar-refractivity contribution in [1.82, 2.24) is 0 Å². The van der Waals surface area contributed by atoms with Gasteiger partial charge in [0.1, 0.15) is 11.5 Å². The Morgan fingerprint density at radius 3 is 2.17 bits per heavy atom. The predicted molar refractivity (Wildman–Crippen MR) is 120 cm³/mol. The molecule has 2 nitrogen and oxygen atoms in total. The highest BCUT2D eigenvalue weighted by Crippen LogP contribution is 2.39. The zero-order chi connectivity index (χ0) is 19.8. The Labute approximate surface area is 170 Å². The number of anilines is 2. The molecule has 4 aromatic rings. The van der Waals surface area contributed by atoms with Gasteiger partial charge in [-0.2, -0.15) is 0 Å².